The Balaban J connectivity index is 2.28. The van der Waals surface area contributed by atoms with Crippen LogP contribution in [0.15, 0.2) is 12.4 Å². The fourth-order valence-electron chi connectivity index (χ4n) is 0.807. The third kappa shape index (κ3) is 3.90. The Morgan fingerprint density at radius 1 is 1.50 bits per heavy atom. The lowest BCUT2D eigenvalue weighted by Gasteiger charge is -2.04. The molecule has 0 spiro atoms. The number of aromatic nitrogens is 2. The number of primary amides is 1. The zero-order chi connectivity index (χ0) is 10.4. The maximum absolute atomic E-state index is 10.3. The Kier molecular flexibility index (Phi) is 3.93. The predicted octanol–water partition coefficient (Wildman–Crippen LogP) is 0.210. The summed E-state index contributed by atoms with van der Waals surface area (Å²) in [6, 6.07) is 1.04. The molecule has 0 atom stereocenters. The van der Waals surface area contributed by atoms with Crippen molar-refractivity contribution in [2.24, 2.45) is 5.73 Å². The third-order valence-electron chi connectivity index (χ3n) is 1.36. The van der Waals surface area contributed by atoms with Gasteiger partial charge in [-0.1, -0.05) is 11.6 Å². The Bertz CT molecular complexity index is 319. The van der Waals surface area contributed by atoms with E-state index < -0.39 is 6.03 Å². The number of urea groups is 1. The van der Waals surface area contributed by atoms with Crippen molar-refractivity contribution in [2.45, 2.75) is 0 Å². The van der Waals surface area contributed by atoms with Crippen molar-refractivity contribution in [3.63, 3.8) is 0 Å². The monoisotopic (exact) mass is 215 g/mol. The van der Waals surface area contributed by atoms with Gasteiger partial charge in [0.1, 0.15) is 17.3 Å². The van der Waals surface area contributed by atoms with Crippen molar-refractivity contribution in [2.75, 3.05) is 18.4 Å². The molecule has 7 heteroatoms. The molecule has 76 valence electrons. The Hall–Kier alpha value is -1.56. The first kappa shape index (κ1) is 10.5. The summed E-state index contributed by atoms with van der Waals surface area (Å²) in [5.41, 5.74) is 4.87. The molecular formula is C7H10ClN5O. The van der Waals surface area contributed by atoms with Crippen molar-refractivity contribution in [1.82, 2.24) is 15.3 Å². The molecule has 1 aromatic rings. The molecule has 0 fully saturated rings. The van der Waals surface area contributed by atoms with Gasteiger partial charge in [-0.3, -0.25) is 0 Å². The van der Waals surface area contributed by atoms with Gasteiger partial charge in [0.2, 0.25) is 0 Å². The number of nitrogens with two attached hydrogens (primary N) is 1. The molecule has 0 unspecified atom stereocenters. The lowest BCUT2D eigenvalue weighted by Crippen LogP contribution is -2.33. The van der Waals surface area contributed by atoms with E-state index in [1.54, 1.807) is 6.07 Å². The highest BCUT2D eigenvalue weighted by atomic mass is 35.5. The molecule has 0 saturated carbocycles. The van der Waals surface area contributed by atoms with Crippen LogP contribution >= 0.6 is 11.6 Å². The number of halogens is 1. The van der Waals surface area contributed by atoms with Crippen molar-refractivity contribution >= 4 is 23.4 Å². The van der Waals surface area contributed by atoms with Crippen molar-refractivity contribution in [1.29, 1.82) is 0 Å². The van der Waals surface area contributed by atoms with Gasteiger partial charge < -0.3 is 16.4 Å². The van der Waals surface area contributed by atoms with Crippen molar-refractivity contribution in [3.8, 4) is 0 Å². The quantitative estimate of drug-likeness (QED) is 0.495. The van der Waals surface area contributed by atoms with Gasteiger partial charge in [0.25, 0.3) is 0 Å². The average molecular weight is 216 g/mol. The number of rotatable bonds is 4. The number of nitrogens with one attached hydrogen (secondary N) is 2. The molecule has 0 aliphatic carbocycles. The summed E-state index contributed by atoms with van der Waals surface area (Å²) in [5.74, 6) is 0.608. The van der Waals surface area contributed by atoms with Crippen LogP contribution in [-0.2, 0) is 0 Å². The number of hydrogen-bond acceptors (Lipinski definition) is 4. The van der Waals surface area contributed by atoms with Crippen LogP contribution in [0.1, 0.15) is 0 Å². The SMILES string of the molecule is NC(=O)NCCNc1cc(Cl)ncn1. The molecule has 0 bridgehead atoms. The molecular weight excluding hydrogens is 206 g/mol. The summed E-state index contributed by atoms with van der Waals surface area (Å²) < 4.78 is 0. The molecule has 0 saturated heterocycles. The van der Waals surface area contributed by atoms with E-state index in [4.69, 9.17) is 17.3 Å². The molecule has 1 rings (SSSR count). The number of nitrogens with zero attached hydrogens (tertiary/aromatic N) is 2. The first-order valence-corrected chi connectivity index (χ1v) is 4.31. The molecule has 0 radical (unpaired) electrons. The van der Waals surface area contributed by atoms with E-state index in [1.165, 1.54) is 6.33 Å². The first-order chi connectivity index (χ1) is 6.68. The second-order valence-electron chi connectivity index (χ2n) is 2.44. The Labute approximate surface area is 85.9 Å². The van der Waals surface area contributed by atoms with Crippen LogP contribution in [0.5, 0.6) is 0 Å². The summed E-state index contributed by atoms with van der Waals surface area (Å²) in [4.78, 5) is 17.9. The maximum Gasteiger partial charge on any atom is 0.312 e. The zero-order valence-corrected chi connectivity index (χ0v) is 8.08. The number of anilines is 1. The van der Waals surface area contributed by atoms with Gasteiger partial charge in [0.05, 0.1) is 0 Å². The largest absolute Gasteiger partial charge is 0.368 e. The van der Waals surface area contributed by atoms with Crippen LogP contribution in [0.4, 0.5) is 10.6 Å². The lowest BCUT2D eigenvalue weighted by atomic mass is 10.5. The fraction of sp³-hybridized carbons (Fsp3) is 0.286. The van der Waals surface area contributed by atoms with E-state index in [0.29, 0.717) is 24.1 Å². The number of carbonyl (C=O) groups is 1. The minimum atomic E-state index is -0.549. The van der Waals surface area contributed by atoms with Gasteiger partial charge >= 0.3 is 6.03 Å². The lowest BCUT2D eigenvalue weighted by molar-refractivity contribution is 0.249. The summed E-state index contributed by atoms with van der Waals surface area (Å²) in [7, 11) is 0. The summed E-state index contributed by atoms with van der Waals surface area (Å²) in [6.45, 7) is 0.952. The second kappa shape index (κ2) is 5.23. The average Bonchev–Trinajstić information content (AvgIpc) is 2.12. The Morgan fingerprint density at radius 3 is 2.93 bits per heavy atom. The number of hydrogen-bond donors (Lipinski definition) is 3. The fourth-order valence-corrected chi connectivity index (χ4v) is 0.954. The van der Waals surface area contributed by atoms with E-state index in [0.717, 1.165) is 0 Å². The van der Waals surface area contributed by atoms with Gasteiger partial charge in [-0.2, -0.15) is 0 Å². The minimum Gasteiger partial charge on any atom is -0.368 e. The summed E-state index contributed by atoms with van der Waals surface area (Å²) >= 11 is 5.63. The maximum atomic E-state index is 10.3. The molecule has 6 nitrogen and oxygen atoms in total. The van der Waals surface area contributed by atoms with Crippen molar-refractivity contribution < 1.29 is 4.79 Å². The van der Waals surface area contributed by atoms with Crippen LogP contribution in [0.3, 0.4) is 0 Å². The van der Waals surface area contributed by atoms with Gasteiger partial charge in [-0.05, 0) is 0 Å². The molecule has 1 heterocycles. The molecule has 0 aliphatic heterocycles. The van der Waals surface area contributed by atoms with Gasteiger partial charge in [-0.15, -0.1) is 0 Å². The number of amides is 2. The van der Waals surface area contributed by atoms with E-state index in [1.807, 2.05) is 0 Å². The normalized spacial score (nSPS) is 9.50. The van der Waals surface area contributed by atoms with Crippen LogP contribution in [0, 0.1) is 0 Å². The molecule has 0 aliphatic rings. The molecule has 4 N–H and O–H groups in total. The van der Waals surface area contributed by atoms with E-state index >= 15 is 0 Å². The second-order valence-corrected chi connectivity index (χ2v) is 2.83. The topological polar surface area (TPSA) is 92.9 Å². The molecule has 0 aromatic carbocycles. The van der Waals surface area contributed by atoms with E-state index in [2.05, 4.69) is 20.6 Å². The standard InChI is InChI=1S/C7H10ClN5O/c8-5-3-6(13-4-12-5)10-1-2-11-7(9)14/h3-4H,1-2H2,(H3,9,11,14)(H,10,12,13). The number of carbonyl (C=O) groups excluding carboxylic acids is 1. The van der Waals surface area contributed by atoms with Gasteiger partial charge in [-0.25, -0.2) is 14.8 Å². The molecule has 2 amide bonds. The Morgan fingerprint density at radius 2 is 2.29 bits per heavy atom. The summed E-state index contributed by atoms with van der Waals surface area (Å²) in [6.07, 6.45) is 1.35. The molecule has 14 heavy (non-hydrogen) atoms. The van der Waals surface area contributed by atoms with Crippen LogP contribution < -0.4 is 16.4 Å². The smallest absolute Gasteiger partial charge is 0.312 e. The predicted molar refractivity (Wildman–Crippen MR) is 53.1 cm³/mol. The van der Waals surface area contributed by atoms with Gasteiger partial charge in [0.15, 0.2) is 0 Å². The van der Waals surface area contributed by atoms with Crippen LogP contribution in [0.25, 0.3) is 0 Å². The van der Waals surface area contributed by atoms with Crippen molar-refractivity contribution in [3.05, 3.63) is 17.5 Å². The minimum absolute atomic E-state index is 0.366. The van der Waals surface area contributed by atoms with Crippen LogP contribution in [-0.4, -0.2) is 29.1 Å². The van der Waals surface area contributed by atoms with E-state index in [-0.39, 0.29) is 0 Å². The highest BCUT2D eigenvalue weighted by Crippen LogP contribution is 2.07. The van der Waals surface area contributed by atoms with Crippen LogP contribution in [0.2, 0.25) is 5.15 Å². The zero-order valence-electron chi connectivity index (χ0n) is 7.33. The molecule has 1 aromatic heterocycles. The highest BCUT2D eigenvalue weighted by Gasteiger charge is 1.95. The summed E-state index contributed by atoms with van der Waals surface area (Å²) in [5, 5.41) is 5.73. The van der Waals surface area contributed by atoms with E-state index in [9.17, 15) is 4.79 Å². The van der Waals surface area contributed by atoms with Gasteiger partial charge in [0, 0.05) is 19.2 Å². The third-order valence-corrected chi connectivity index (χ3v) is 1.57. The first-order valence-electron chi connectivity index (χ1n) is 3.93. The highest BCUT2D eigenvalue weighted by molar-refractivity contribution is 6.29.